The number of aromatic carboxylic acids is 1. The summed E-state index contributed by atoms with van der Waals surface area (Å²) in [5, 5.41) is 8.97. The van der Waals surface area contributed by atoms with Gasteiger partial charge in [0.05, 0.1) is 17.8 Å². The number of carboxylic acid groups (broad SMARTS) is 1. The molecule has 0 aliphatic heterocycles. The molecule has 2 aromatic heterocycles. The Hall–Kier alpha value is -2.89. The SMILES string of the molecule is CN(Cc1ccccn1)c1nc2ccc(C(=O)O)cc2o1. The Bertz CT molecular complexity index is 783. The van der Waals surface area contributed by atoms with Crippen LogP contribution in [0.15, 0.2) is 47.0 Å². The van der Waals surface area contributed by atoms with E-state index in [1.54, 1.807) is 12.3 Å². The van der Waals surface area contributed by atoms with Crippen LogP contribution < -0.4 is 4.90 Å². The zero-order valence-corrected chi connectivity index (χ0v) is 11.4. The fraction of sp³-hybridized carbons (Fsp3) is 0.133. The minimum Gasteiger partial charge on any atom is -0.478 e. The number of rotatable bonds is 4. The Morgan fingerprint density at radius 3 is 2.90 bits per heavy atom. The van der Waals surface area contributed by atoms with E-state index in [4.69, 9.17) is 9.52 Å². The van der Waals surface area contributed by atoms with E-state index in [1.165, 1.54) is 12.1 Å². The number of aromatic nitrogens is 2. The Balaban J connectivity index is 1.88. The van der Waals surface area contributed by atoms with Gasteiger partial charge >= 0.3 is 5.97 Å². The molecule has 0 bridgehead atoms. The largest absolute Gasteiger partial charge is 0.478 e. The molecule has 0 saturated heterocycles. The summed E-state index contributed by atoms with van der Waals surface area (Å²) in [6.07, 6.45) is 1.73. The predicted octanol–water partition coefficient (Wildman–Crippen LogP) is 2.56. The highest BCUT2D eigenvalue weighted by atomic mass is 16.4. The molecule has 0 unspecified atom stereocenters. The first kappa shape index (κ1) is 13.1. The maximum atomic E-state index is 10.9. The van der Waals surface area contributed by atoms with Crippen LogP contribution in [0.3, 0.4) is 0 Å². The third kappa shape index (κ3) is 2.69. The van der Waals surface area contributed by atoms with E-state index < -0.39 is 5.97 Å². The summed E-state index contributed by atoms with van der Waals surface area (Å²) in [5.41, 5.74) is 2.16. The second-order valence-corrected chi connectivity index (χ2v) is 4.66. The van der Waals surface area contributed by atoms with Crippen molar-refractivity contribution in [3.05, 3.63) is 53.9 Å². The molecule has 0 saturated carbocycles. The topological polar surface area (TPSA) is 79.5 Å². The van der Waals surface area contributed by atoms with E-state index in [0.717, 1.165) is 5.69 Å². The highest BCUT2D eigenvalue weighted by molar-refractivity contribution is 5.92. The van der Waals surface area contributed by atoms with Gasteiger partial charge in [0.2, 0.25) is 0 Å². The lowest BCUT2D eigenvalue weighted by Crippen LogP contribution is -2.17. The minimum absolute atomic E-state index is 0.178. The number of hydrogen-bond acceptors (Lipinski definition) is 5. The number of fused-ring (bicyclic) bond motifs is 1. The second-order valence-electron chi connectivity index (χ2n) is 4.66. The molecule has 0 amide bonds. The van der Waals surface area contributed by atoms with Crippen LogP contribution in [-0.4, -0.2) is 28.1 Å². The molecule has 0 fully saturated rings. The molecule has 21 heavy (non-hydrogen) atoms. The van der Waals surface area contributed by atoms with Crippen LogP contribution in [0.5, 0.6) is 0 Å². The molecule has 106 valence electrons. The highest BCUT2D eigenvalue weighted by Crippen LogP contribution is 2.23. The summed E-state index contributed by atoms with van der Waals surface area (Å²) in [6, 6.07) is 10.7. The quantitative estimate of drug-likeness (QED) is 0.792. The van der Waals surface area contributed by atoms with Crippen molar-refractivity contribution in [1.82, 2.24) is 9.97 Å². The lowest BCUT2D eigenvalue weighted by atomic mass is 10.2. The van der Waals surface area contributed by atoms with Crippen LogP contribution in [0.1, 0.15) is 16.1 Å². The van der Waals surface area contributed by atoms with Crippen LogP contribution in [-0.2, 0) is 6.54 Å². The number of oxazole rings is 1. The van der Waals surface area contributed by atoms with E-state index in [1.807, 2.05) is 30.1 Å². The van der Waals surface area contributed by atoms with Gasteiger partial charge in [-0.15, -0.1) is 0 Å². The number of anilines is 1. The number of pyridine rings is 1. The highest BCUT2D eigenvalue weighted by Gasteiger charge is 2.13. The molecule has 0 spiro atoms. The van der Waals surface area contributed by atoms with Gasteiger partial charge in [0.1, 0.15) is 5.52 Å². The van der Waals surface area contributed by atoms with E-state index in [0.29, 0.717) is 23.7 Å². The van der Waals surface area contributed by atoms with Crippen LogP contribution in [0.4, 0.5) is 6.01 Å². The van der Waals surface area contributed by atoms with Crippen molar-refractivity contribution in [2.75, 3.05) is 11.9 Å². The van der Waals surface area contributed by atoms with Crippen molar-refractivity contribution in [3.8, 4) is 0 Å². The summed E-state index contributed by atoms with van der Waals surface area (Å²) in [4.78, 5) is 21.4. The van der Waals surface area contributed by atoms with Crippen LogP contribution in [0, 0.1) is 0 Å². The molecular weight excluding hydrogens is 270 g/mol. The fourth-order valence-electron chi connectivity index (χ4n) is 2.01. The van der Waals surface area contributed by atoms with Gasteiger partial charge in [0.25, 0.3) is 6.01 Å². The molecule has 6 nitrogen and oxygen atoms in total. The maximum Gasteiger partial charge on any atom is 0.335 e. The van der Waals surface area contributed by atoms with Crippen molar-refractivity contribution in [2.24, 2.45) is 0 Å². The van der Waals surface area contributed by atoms with E-state index in [2.05, 4.69) is 9.97 Å². The Morgan fingerprint density at radius 1 is 1.33 bits per heavy atom. The molecule has 0 aliphatic rings. The summed E-state index contributed by atoms with van der Waals surface area (Å²) in [6.45, 7) is 0.555. The normalized spacial score (nSPS) is 10.7. The van der Waals surface area contributed by atoms with E-state index in [9.17, 15) is 4.79 Å². The second kappa shape index (κ2) is 5.24. The molecule has 1 aromatic carbocycles. The number of carboxylic acids is 1. The molecule has 1 N–H and O–H groups in total. The van der Waals surface area contributed by atoms with Gasteiger partial charge < -0.3 is 14.4 Å². The summed E-state index contributed by atoms with van der Waals surface area (Å²) < 4.78 is 5.62. The first-order valence-electron chi connectivity index (χ1n) is 6.38. The zero-order valence-electron chi connectivity index (χ0n) is 11.4. The third-order valence-corrected chi connectivity index (χ3v) is 3.08. The zero-order chi connectivity index (χ0) is 14.8. The molecule has 3 aromatic rings. The lowest BCUT2D eigenvalue weighted by molar-refractivity contribution is 0.0697. The predicted molar refractivity (Wildman–Crippen MR) is 77.3 cm³/mol. The summed E-state index contributed by atoms with van der Waals surface area (Å²) >= 11 is 0. The molecule has 0 radical (unpaired) electrons. The Morgan fingerprint density at radius 2 is 2.19 bits per heavy atom. The smallest absolute Gasteiger partial charge is 0.335 e. The first-order chi connectivity index (χ1) is 10.1. The van der Waals surface area contributed by atoms with Crippen molar-refractivity contribution < 1.29 is 14.3 Å². The van der Waals surface area contributed by atoms with Crippen molar-refractivity contribution in [2.45, 2.75) is 6.54 Å². The van der Waals surface area contributed by atoms with Gasteiger partial charge in [-0.2, -0.15) is 4.98 Å². The van der Waals surface area contributed by atoms with Crippen LogP contribution in [0.2, 0.25) is 0 Å². The van der Waals surface area contributed by atoms with Crippen molar-refractivity contribution in [1.29, 1.82) is 0 Å². The van der Waals surface area contributed by atoms with Gasteiger partial charge in [-0.1, -0.05) is 6.07 Å². The third-order valence-electron chi connectivity index (χ3n) is 3.08. The molecular formula is C15H13N3O3. The molecule has 3 rings (SSSR count). The maximum absolute atomic E-state index is 10.9. The standard InChI is InChI=1S/C15H13N3O3/c1-18(9-11-4-2-3-7-16-11)15-17-12-6-5-10(14(19)20)8-13(12)21-15/h2-8H,9H2,1H3,(H,19,20). The van der Waals surface area contributed by atoms with Crippen LogP contribution in [0.25, 0.3) is 11.1 Å². The van der Waals surface area contributed by atoms with Gasteiger partial charge in [-0.05, 0) is 30.3 Å². The summed E-state index contributed by atoms with van der Waals surface area (Å²) in [5.74, 6) is -0.989. The van der Waals surface area contributed by atoms with Crippen molar-refractivity contribution >= 4 is 23.1 Å². The van der Waals surface area contributed by atoms with E-state index in [-0.39, 0.29) is 5.56 Å². The van der Waals surface area contributed by atoms with Gasteiger partial charge in [0.15, 0.2) is 5.58 Å². The molecule has 0 atom stereocenters. The Labute approximate surface area is 120 Å². The summed E-state index contributed by atoms with van der Waals surface area (Å²) in [7, 11) is 1.84. The first-order valence-corrected chi connectivity index (χ1v) is 6.38. The number of hydrogen-bond donors (Lipinski definition) is 1. The van der Waals surface area contributed by atoms with Gasteiger partial charge in [-0.25, -0.2) is 4.79 Å². The van der Waals surface area contributed by atoms with Crippen molar-refractivity contribution in [3.63, 3.8) is 0 Å². The lowest BCUT2D eigenvalue weighted by Gasteiger charge is -2.13. The van der Waals surface area contributed by atoms with Crippen LogP contribution >= 0.6 is 0 Å². The number of carbonyl (C=O) groups is 1. The molecule has 6 heteroatoms. The number of nitrogens with zero attached hydrogens (tertiary/aromatic N) is 3. The van der Waals surface area contributed by atoms with E-state index >= 15 is 0 Å². The average molecular weight is 283 g/mol. The number of benzene rings is 1. The fourth-order valence-corrected chi connectivity index (χ4v) is 2.01. The minimum atomic E-state index is -0.989. The molecule has 0 aliphatic carbocycles. The van der Waals surface area contributed by atoms with Gasteiger partial charge in [0, 0.05) is 13.2 Å². The average Bonchev–Trinajstić information content (AvgIpc) is 2.91. The molecule has 2 heterocycles. The van der Waals surface area contributed by atoms with Gasteiger partial charge in [-0.3, -0.25) is 4.98 Å². The Kier molecular flexibility index (Phi) is 3.27. The monoisotopic (exact) mass is 283 g/mol.